The van der Waals surface area contributed by atoms with Crippen LogP contribution in [0.15, 0.2) is 48.5 Å². The topological polar surface area (TPSA) is 60.9 Å². The van der Waals surface area contributed by atoms with Crippen molar-refractivity contribution < 1.29 is 14.4 Å². The van der Waals surface area contributed by atoms with Gasteiger partial charge in [0.2, 0.25) is 5.91 Å². The van der Waals surface area contributed by atoms with Crippen LogP contribution in [0, 0.1) is 6.92 Å². The Hall–Kier alpha value is -3.15. The number of aryl methyl sites for hydroxylation is 1. The zero-order valence-electron chi connectivity index (χ0n) is 17.2. The molecule has 2 aromatic rings. The fraction of sp³-hybridized carbons (Fsp3) is 0.348. The van der Waals surface area contributed by atoms with E-state index in [1.165, 1.54) is 0 Å². The summed E-state index contributed by atoms with van der Waals surface area (Å²) in [6.45, 7) is 8.20. The number of amides is 3. The standard InChI is InChI=1S/C23H27N3O3/c1-4-26(21-7-5-6-17(2)16-21)23(29)20-10-8-19(9-11-20)22(28)25-14-12-24(13-15-25)18(3)27/h5-11,16H,4,12-15H2,1-3H3. The van der Waals surface area contributed by atoms with E-state index in [9.17, 15) is 14.4 Å². The lowest BCUT2D eigenvalue weighted by atomic mass is 10.1. The molecular weight excluding hydrogens is 366 g/mol. The van der Waals surface area contributed by atoms with E-state index in [1.807, 2.05) is 38.1 Å². The number of rotatable bonds is 4. The predicted octanol–water partition coefficient (Wildman–Crippen LogP) is 2.97. The van der Waals surface area contributed by atoms with Gasteiger partial charge < -0.3 is 14.7 Å². The Balaban J connectivity index is 1.70. The molecule has 1 aliphatic rings. The number of anilines is 1. The molecule has 0 saturated carbocycles. The first-order valence-electron chi connectivity index (χ1n) is 9.94. The summed E-state index contributed by atoms with van der Waals surface area (Å²) in [4.78, 5) is 42.4. The van der Waals surface area contributed by atoms with E-state index in [0.29, 0.717) is 43.9 Å². The Bertz CT molecular complexity index is 900. The molecule has 3 amide bonds. The van der Waals surface area contributed by atoms with Crippen molar-refractivity contribution in [2.45, 2.75) is 20.8 Å². The molecule has 0 unspecified atom stereocenters. The highest BCUT2D eigenvalue weighted by Crippen LogP contribution is 2.19. The number of benzene rings is 2. The summed E-state index contributed by atoms with van der Waals surface area (Å²) in [6.07, 6.45) is 0. The first-order valence-corrected chi connectivity index (χ1v) is 9.94. The lowest BCUT2D eigenvalue weighted by molar-refractivity contribution is -0.130. The van der Waals surface area contributed by atoms with Gasteiger partial charge in [-0.25, -0.2) is 0 Å². The monoisotopic (exact) mass is 393 g/mol. The minimum absolute atomic E-state index is 0.0362. The summed E-state index contributed by atoms with van der Waals surface area (Å²) in [5, 5.41) is 0. The highest BCUT2D eigenvalue weighted by Gasteiger charge is 2.24. The molecule has 1 fully saturated rings. The van der Waals surface area contributed by atoms with E-state index in [-0.39, 0.29) is 17.7 Å². The molecule has 1 heterocycles. The van der Waals surface area contributed by atoms with Gasteiger partial charge >= 0.3 is 0 Å². The quantitative estimate of drug-likeness (QED) is 0.802. The Labute approximate surface area is 171 Å². The largest absolute Gasteiger partial charge is 0.339 e. The molecule has 1 aliphatic heterocycles. The van der Waals surface area contributed by atoms with Crippen LogP contribution >= 0.6 is 0 Å². The third kappa shape index (κ3) is 4.65. The van der Waals surface area contributed by atoms with Gasteiger partial charge in [0.05, 0.1) is 0 Å². The maximum atomic E-state index is 13.0. The van der Waals surface area contributed by atoms with Crippen LogP contribution in [0.25, 0.3) is 0 Å². The molecule has 0 aromatic heterocycles. The first-order chi connectivity index (χ1) is 13.9. The first kappa shape index (κ1) is 20.6. The zero-order valence-corrected chi connectivity index (χ0v) is 17.2. The molecule has 152 valence electrons. The molecule has 6 nitrogen and oxygen atoms in total. The molecular formula is C23H27N3O3. The minimum atomic E-state index is -0.0906. The molecule has 0 atom stereocenters. The lowest BCUT2D eigenvalue weighted by Crippen LogP contribution is -2.50. The third-order valence-corrected chi connectivity index (χ3v) is 5.27. The summed E-state index contributed by atoms with van der Waals surface area (Å²) < 4.78 is 0. The van der Waals surface area contributed by atoms with E-state index < -0.39 is 0 Å². The Morgan fingerprint density at radius 2 is 1.48 bits per heavy atom. The molecule has 0 spiro atoms. The van der Waals surface area contributed by atoms with Crippen LogP contribution in [-0.2, 0) is 4.79 Å². The summed E-state index contributed by atoms with van der Waals surface area (Å²) in [7, 11) is 0. The Kier molecular flexibility index (Phi) is 6.32. The molecule has 3 rings (SSSR count). The van der Waals surface area contributed by atoms with Gasteiger partial charge in [0.1, 0.15) is 0 Å². The van der Waals surface area contributed by atoms with Crippen LogP contribution in [0.3, 0.4) is 0 Å². The fourth-order valence-corrected chi connectivity index (χ4v) is 3.56. The van der Waals surface area contributed by atoms with Crippen molar-refractivity contribution in [2.24, 2.45) is 0 Å². The van der Waals surface area contributed by atoms with Crippen LogP contribution in [0.1, 0.15) is 40.1 Å². The zero-order chi connectivity index (χ0) is 21.0. The average Bonchev–Trinajstić information content (AvgIpc) is 2.74. The number of nitrogens with zero attached hydrogens (tertiary/aromatic N) is 3. The van der Waals surface area contributed by atoms with Crippen LogP contribution in [-0.4, -0.2) is 60.2 Å². The Morgan fingerprint density at radius 3 is 2.03 bits per heavy atom. The molecule has 0 radical (unpaired) electrons. The smallest absolute Gasteiger partial charge is 0.258 e. The lowest BCUT2D eigenvalue weighted by Gasteiger charge is -2.34. The van der Waals surface area contributed by atoms with Gasteiger partial charge in [-0.1, -0.05) is 12.1 Å². The average molecular weight is 393 g/mol. The van der Waals surface area contributed by atoms with Crippen molar-refractivity contribution in [1.29, 1.82) is 0 Å². The number of hydrogen-bond donors (Lipinski definition) is 0. The summed E-state index contributed by atoms with van der Waals surface area (Å²) in [5.41, 5.74) is 3.06. The van der Waals surface area contributed by atoms with E-state index >= 15 is 0 Å². The minimum Gasteiger partial charge on any atom is -0.339 e. The van der Waals surface area contributed by atoms with Crippen LogP contribution in [0.5, 0.6) is 0 Å². The SMILES string of the molecule is CCN(C(=O)c1ccc(C(=O)N2CCN(C(C)=O)CC2)cc1)c1cccc(C)c1. The van der Waals surface area contributed by atoms with E-state index in [1.54, 1.807) is 45.9 Å². The van der Waals surface area contributed by atoms with Gasteiger partial charge in [-0.05, 0) is 55.8 Å². The van der Waals surface area contributed by atoms with Crippen molar-refractivity contribution in [3.8, 4) is 0 Å². The van der Waals surface area contributed by atoms with Gasteiger partial charge in [0.25, 0.3) is 11.8 Å². The van der Waals surface area contributed by atoms with Crippen molar-refractivity contribution in [3.63, 3.8) is 0 Å². The maximum Gasteiger partial charge on any atom is 0.258 e. The third-order valence-electron chi connectivity index (χ3n) is 5.27. The molecule has 0 bridgehead atoms. The van der Waals surface area contributed by atoms with Crippen molar-refractivity contribution in [2.75, 3.05) is 37.6 Å². The van der Waals surface area contributed by atoms with Crippen molar-refractivity contribution in [3.05, 3.63) is 65.2 Å². The normalized spacial score (nSPS) is 13.9. The van der Waals surface area contributed by atoms with E-state index in [0.717, 1.165) is 11.3 Å². The van der Waals surface area contributed by atoms with Gasteiger partial charge in [0, 0.05) is 56.5 Å². The van der Waals surface area contributed by atoms with E-state index in [2.05, 4.69) is 0 Å². The second kappa shape index (κ2) is 8.90. The fourth-order valence-electron chi connectivity index (χ4n) is 3.56. The second-order valence-electron chi connectivity index (χ2n) is 7.26. The molecule has 2 aromatic carbocycles. The van der Waals surface area contributed by atoms with E-state index in [4.69, 9.17) is 0 Å². The summed E-state index contributed by atoms with van der Waals surface area (Å²) in [5.74, 6) is -0.126. The number of piperazine rings is 1. The molecule has 0 aliphatic carbocycles. The maximum absolute atomic E-state index is 13.0. The van der Waals surface area contributed by atoms with Crippen molar-refractivity contribution in [1.82, 2.24) is 9.80 Å². The number of hydrogen-bond acceptors (Lipinski definition) is 3. The molecule has 29 heavy (non-hydrogen) atoms. The van der Waals surface area contributed by atoms with Crippen LogP contribution < -0.4 is 4.90 Å². The predicted molar refractivity (Wildman–Crippen MR) is 113 cm³/mol. The van der Waals surface area contributed by atoms with Crippen LogP contribution in [0.2, 0.25) is 0 Å². The summed E-state index contributed by atoms with van der Waals surface area (Å²) >= 11 is 0. The molecule has 0 N–H and O–H groups in total. The van der Waals surface area contributed by atoms with Gasteiger partial charge in [0.15, 0.2) is 0 Å². The van der Waals surface area contributed by atoms with Gasteiger partial charge in [-0.2, -0.15) is 0 Å². The highest BCUT2D eigenvalue weighted by molar-refractivity contribution is 6.06. The number of carbonyl (C=O) groups is 3. The Morgan fingerprint density at radius 1 is 0.897 bits per heavy atom. The van der Waals surface area contributed by atoms with Crippen LogP contribution in [0.4, 0.5) is 5.69 Å². The van der Waals surface area contributed by atoms with Gasteiger partial charge in [-0.15, -0.1) is 0 Å². The second-order valence-corrected chi connectivity index (χ2v) is 7.26. The number of carbonyl (C=O) groups excluding carboxylic acids is 3. The summed E-state index contributed by atoms with van der Waals surface area (Å²) in [6, 6.07) is 14.7. The molecule has 6 heteroatoms. The highest BCUT2D eigenvalue weighted by atomic mass is 16.2. The molecule has 1 saturated heterocycles. The van der Waals surface area contributed by atoms with Crippen molar-refractivity contribution >= 4 is 23.4 Å². The van der Waals surface area contributed by atoms with Gasteiger partial charge in [-0.3, -0.25) is 14.4 Å².